The highest BCUT2D eigenvalue weighted by Crippen LogP contribution is 2.37. The molecule has 0 spiro atoms. The molecule has 1 aliphatic heterocycles. The van der Waals surface area contributed by atoms with Crippen LogP contribution in [0.3, 0.4) is 0 Å². The van der Waals surface area contributed by atoms with Crippen molar-refractivity contribution in [1.29, 1.82) is 0 Å². The standard InChI is InChI=1S/C16H26O2.C12H24O/c1-5-6-7-8-13-12(9-10-14(13)17)11-15(18)16(2,3)4;1-6-11-9(4)8(3)10(5)12(7-2)13-11/h6-7,12-13H,5,8-11H2,1-4H3;8-12H,6-7H2,1-5H3/b7-6-;. The van der Waals surface area contributed by atoms with Gasteiger partial charge in [-0.05, 0) is 55.8 Å². The van der Waals surface area contributed by atoms with Crippen molar-refractivity contribution in [3.63, 3.8) is 0 Å². The maximum atomic E-state index is 12.1. The first-order chi connectivity index (χ1) is 14.5. The molecule has 1 saturated carbocycles. The van der Waals surface area contributed by atoms with E-state index in [0.717, 1.165) is 49.9 Å². The van der Waals surface area contributed by atoms with Gasteiger partial charge in [0.05, 0.1) is 12.2 Å². The molecular weight excluding hydrogens is 384 g/mol. The van der Waals surface area contributed by atoms with Gasteiger partial charge >= 0.3 is 0 Å². The summed E-state index contributed by atoms with van der Waals surface area (Å²) in [5.41, 5.74) is -0.282. The summed E-state index contributed by atoms with van der Waals surface area (Å²) < 4.78 is 6.08. The molecule has 0 bridgehead atoms. The fourth-order valence-electron chi connectivity index (χ4n) is 5.06. The van der Waals surface area contributed by atoms with Crippen LogP contribution in [0.15, 0.2) is 12.2 Å². The molecule has 180 valence electrons. The van der Waals surface area contributed by atoms with E-state index in [4.69, 9.17) is 4.74 Å². The summed E-state index contributed by atoms with van der Waals surface area (Å²) in [5, 5.41) is 0. The lowest BCUT2D eigenvalue weighted by atomic mass is 9.75. The van der Waals surface area contributed by atoms with Crippen LogP contribution in [0.2, 0.25) is 0 Å². The van der Waals surface area contributed by atoms with Crippen molar-refractivity contribution < 1.29 is 14.3 Å². The van der Waals surface area contributed by atoms with Crippen molar-refractivity contribution in [2.75, 3.05) is 0 Å². The SMILES string of the molecule is CC/C=C\CC1C(=O)CCC1CC(=O)C(C)(C)C.CCC1OC(CC)C(C)C(C)C1C. The molecule has 1 aliphatic carbocycles. The molecule has 31 heavy (non-hydrogen) atoms. The van der Waals surface area contributed by atoms with E-state index in [1.807, 2.05) is 20.8 Å². The maximum absolute atomic E-state index is 12.1. The zero-order valence-corrected chi connectivity index (χ0v) is 21.9. The number of ether oxygens (including phenoxy) is 1. The van der Waals surface area contributed by atoms with Gasteiger partial charge in [-0.3, -0.25) is 9.59 Å². The second-order valence-electron chi connectivity index (χ2n) is 11.0. The minimum atomic E-state index is -0.282. The van der Waals surface area contributed by atoms with E-state index >= 15 is 0 Å². The quantitative estimate of drug-likeness (QED) is 0.391. The Morgan fingerprint density at radius 3 is 1.97 bits per heavy atom. The zero-order chi connectivity index (χ0) is 23.8. The Morgan fingerprint density at radius 1 is 0.968 bits per heavy atom. The third-order valence-corrected chi connectivity index (χ3v) is 7.81. The van der Waals surface area contributed by atoms with Gasteiger partial charge in [-0.1, -0.05) is 74.5 Å². The van der Waals surface area contributed by atoms with Crippen LogP contribution in [0.5, 0.6) is 0 Å². The first-order valence-corrected chi connectivity index (χ1v) is 12.8. The third-order valence-electron chi connectivity index (χ3n) is 7.81. The zero-order valence-electron chi connectivity index (χ0n) is 21.9. The van der Waals surface area contributed by atoms with E-state index in [1.165, 1.54) is 0 Å². The number of rotatable bonds is 7. The second kappa shape index (κ2) is 12.9. The Morgan fingerprint density at radius 2 is 1.52 bits per heavy atom. The van der Waals surface area contributed by atoms with Gasteiger partial charge in [0.25, 0.3) is 0 Å². The summed E-state index contributed by atoms with van der Waals surface area (Å²) in [4.78, 5) is 23.9. The van der Waals surface area contributed by atoms with Gasteiger partial charge < -0.3 is 4.74 Å². The smallest absolute Gasteiger partial charge is 0.138 e. The molecule has 2 aliphatic rings. The fraction of sp³-hybridized carbons (Fsp3) is 0.857. The Hall–Kier alpha value is -0.960. The molecule has 0 N–H and O–H groups in total. The first kappa shape index (κ1) is 28.1. The predicted octanol–water partition coefficient (Wildman–Crippen LogP) is 7.43. The Labute approximate surface area is 192 Å². The number of carbonyl (C=O) groups is 2. The van der Waals surface area contributed by atoms with E-state index in [-0.39, 0.29) is 23.0 Å². The van der Waals surface area contributed by atoms with Crippen molar-refractivity contribution in [1.82, 2.24) is 0 Å². The van der Waals surface area contributed by atoms with E-state index in [1.54, 1.807) is 0 Å². The highest BCUT2D eigenvalue weighted by atomic mass is 16.5. The Kier molecular flexibility index (Phi) is 11.7. The average molecular weight is 435 g/mol. The highest BCUT2D eigenvalue weighted by Gasteiger charge is 2.37. The van der Waals surface area contributed by atoms with Crippen LogP contribution >= 0.6 is 0 Å². The Bertz CT molecular complexity index is 566. The van der Waals surface area contributed by atoms with Gasteiger partial charge in [-0.2, -0.15) is 0 Å². The summed E-state index contributed by atoms with van der Waals surface area (Å²) >= 11 is 0. The minimum absolute atomic E-state index is 0.0825. The van der Waals surface area contributed by atoms with Gasteiger partial charge in [-0.25, -0.2) is 0 Å². The van der Waals surface area contributed by atoms with Crippen LogP contribution in [0, 0.1) is 35.0 Å². The molecule has 0 radical (unpaired) electrons. The van der Waals surface area contributed by atoms with Gasteiger partial charge in [0.1, 0.15) is 11.6 Å². The van der Waals surface area contributed by atoms with Crippen LogP contribution in [-0.4, -0.2) is 23.8 Å². The van der Waals surface area contributed by atoms with Crippen LogP contribution in [0.25, 0.3) is 0 Å². The molecule has 3 nitrogen and oxygen atoms in total. The lowest BCUT2D eigenvalue weighted by Gasteiger charge is -2.43. The number of hydrogen-bond acceptors (Lipinski definition) is 3. The summed E-state index contributed by atoms with van der Waals surface area (Å²) in [5.74, 6) is 3.24. The summed E-state index contributed by atoms with van der Waals surface area (Å²) in [6, 6.07) is 0. The first-order valence-electron chi connectivity index (χ1n) is 12.8. The van der Waals surface area contributed by atoms with E-state index in [2.05, 4.69) is 53.7 Å². The van der Waals surface area contributed by atoms with E-state index < -0.39 is 0 Å². The molecule has 3 heteroatoms. The molecule has 0 amide bonds. The summed E-state index contributed by atoms with van der Waals surface area (Å²) in [7, 11) is 0. The van der Waals surface area contributed by atoms with Crippen molar-refractivity contribution in [3.05, 3.63) is 12.2 Å². The van der Waals surface area contributed by atoms with Gasteiger partial charge in [-0.15, -0.1) is 0 Å². The highest BCUT2D eigenvalue weighted by molar-refractivity contribution is 5.87. The van der Waals surface area contributed by atoms with Crippen LogP contribution in [-0.2, 0) is 14.3 Å². The lowest BCUT2D eigenvalue weighted by molar-refractivity contribution is -0.134. The summed E-state index contributed by atoms with van der Waals surface area (Å²) in [6.45, 7) is 19.5. The molecule has 2 fully saturated rings. The largest absolute Gasteiger partial charge is 0.374 e. The fourth-order valence-corrected chi connectivity index (χ4v) is 5.06. The van der Waals surface area contributed by atoms with Gasteiger partial charge in [0.15, 0.2) is 0 Å². The van der Waals surface area contributed by atoms with Crippen LogP contribution < -0.4 is 0 Å². The molecular formula is C28H50O3. The normalized spacial score (nSPS) is 34.0. The number of allylic oxidation sites excluding steroid dienone is 2. The third kappa shape index (κ3) is 8.15. The minimum Gasteiger partial charge on any atom is -0.374 e. The number of hydrogen-bond donors (Lipinski definition) is 0. The molecule has 2 rings (SSSR count). The van der Waals surface area contributed by atoms with Crippen LogP contribution in [0.4, 0.5) is 0 Å². The molecule has 6 atom stereocenters. The van der Waals surface area contributed by atoms with Gasteiger partial charge in [0, 0.05) is 24.2 Å². The molecule has 0 aromatic rings. The predicted molar refractivity (Wildman–Crippen MR) is 131 cm³/mol. The number of carbonyl (C=O) groups excluding carboxylic acids is 2. The molecule has 1 heterocycles. The summed E-state index contributed by atoms with van der Waals surface area (Å²) in [6.07, 6.45) is 11.5. The lowest BCUT2D eigenvalue weighted by Crippen LogP contribution is -2.44. The molecule has 0 aromatic heterocycles. The van der Waals surface area contributed by atoms with E-state index in [9.17, 15) is 9.59 Å². The Balaban J connectivity index is 0.000000327. The average Bonchev–Trinajstić information content (AvgIpc) is 3.06. The number of Topliss-reactive ketones (excluding diaryl/α,β-unsaturated/α-hetero) is 2. The number of ketones is 2. The van der Waals surface area contributed by atoms with E-state index in [0.29, 0.717) is 30.8 Å². The molecule has 6 unspecified atom stereocenters. The van der Waals surface area contributed by atoms with Crippen molar-refractivity contribution >= 4 is 11.6 Å². The maximum Gasteiger partial charge on any atom is 0.138 e. The topological polar surface area (TPSA) is 43.4 Å². The van der Waals surface area contributed by atoms with Crippen molar-refractivity contribution in [2.45, 2.75) is 119 Å². The molecule has 0 aromatic carbocycles. The van der Waals surface area contributed by atoms with Gasteiger partial charge in [0.2, 0.25) is 0 Å². The monoisotopic (exact) mass is 434 g/mol. The molecule has 1 saturated heterocycles. The second-order valence-corrected chi connectivity index (χ2v) is 11.0. The van der Waals surface area contributed by atoms with Crippen LogP contribution in [0.1, 0.15) is 107 Å². The van der Waals surface area contributed by atoms with Crippen molar-refractivity contribution in [2.24, 2.45) is 35.0 Å². The van der Waals surface area contributed by atoms with Crippen molar-refractivity contribution in [3.8, 4) is 0 Å².